The van der Waals surface area contributed by atoms with Crippen molar-refractivity contribution in [3.63, 3.8) is 0 Å². The van der Waals surface area contributed by atoms with Crippen molar-refractivity contribution in [2.45, 2.75) is 22.5 Å². The Labute approximate surface area is 176 Å². The maximum absolute atomic E-state index is 13.1. The Morgan fingerprint density at radius 3 is 2.37 bits per heavy atom. The summed E-state index contributed by atoms with van der Waals surface area (Å²) >= 11 is 10.6. The number of rotatable bonds is 4. The molecule has 1 saturated carbocycles. The second-order valence-electron chi connectivity index (χ2n) is 6.85. The number of carbonyl (C=O) groups excluding carboxylic acids is 1. The predicted molar refractivity (Wildman–Crippen MR) is 110 cm³/mol. The molecular formula is C18H18BrClN2O3S2. The Morgan fingerprint density at radius 1 is 1.11 bits per heavy atom. The number of sulfonamides is 1. The standard InChI is InChI=1S/C18H18BrClN2O3S2/c19-15-4-5-16(26-15)27(24,25)22-10-8-21(9-11-22)17(23)18(6-7-18)13-2-1-3-14(20)12-13/h1-5,12H,6-11H2. The fourth-order valence-electron chi connectivity index (χ4n) is 3.53. The van der Waals surface area contributed by atoms with Crippen molar-refractivity contribution in [3.8, 4) is 0 Å². The van der Waals surface area contributed by atoms with E-state index < -0.39 is 15.4 Å². The molecule has 4 rings (SSSR count). The molecule has 2 aliphatic rings. The van der Waals surface area contributed by atoms with Crippen molar-refractivity contribution in [2.75, 3.05) is 26.2 Å². The van der Waals surface area contributed by atoms with E-state index in [1.54, 1.807) is 23.1 Å². The molecule has 1 saturated heterocycles. The summed E-state index contributed by atoms with van der Waals surface area (Å²) in [7, 11) is -3.50. The topological polar surface area (TPSA) is 57.7 Å². The number of hydrogen-bond donors (Lipinski definition) is 0. The number of hydrogen-bond acceptors (Lipinski definition) is 4. The number of piperazine rings is 1. The molecule has 0 unspecified atom stereocenters. The van der Waals surface area contributed by atoms with E-state index in [4.69, 9.17) is 11.6 Å². The molecule has 0 bridgehead atoms. The van der Waals surface area contributed by atoms with Crippen LogP contribution in [0.25, 0.3) is 0 Å². The van der Waals surface area contributed by atoms with Crippen molar-refractivity contribution >= 4 is 54.8 Å². The molecule has 1 aromatic carbocycles. The highest BCUT2D eigenvalue weighted by atomic mass is 79.9. The Balaban J connectivity index is 1.46. The van der Waals surface area contributed by atoms with Crippen LogP contribution in [0.4, 0.5) is 0 Å². The van der Waals surface area contributed by atoms with E-state index >= 15 is 0 Å². The van der Waals surface area contributed by atoms with Gasteiger partial charge in [-0.2, -0.15) is 4.31 Å². The van der Waals surface area contributed by atoms with Crippen molar-refractivity contribution in [3.05, 3.63) is 50.8 Å². The van der Waals surface area contributed by atoms with Crippen LogP contribution in [-0.4, -0.2) is 49.7 Å². The lowest BCUT2D eigenvalue weighted by atomic mass is 9.94. The molecule has 0 atom stereocenters. The largest absolute Gasteiger partial charge is 0.339 e. The summed E-state index contributed by atoms with van der Waals surface area (Å²) in [5.74, 6) is 0.0840. The maximum atomic E-state index is 13.1. The number of thiophene rings is 1. The predicted octanol–water partition coefficient (Wildman–Crippen LogP) is 3.73. The minimum atomic E-state index is -3.50. The average molecular weight is 490 g/mol. The van der Waals surface area contributed by atoms with Crippen LogP contribution in [0.3, 0.4) is 0 Å². The Kier molecular flexibility index (Phi) is 5.13. The number of halogens is 2. The van der Waals surface area contributed by atoms with Crippen molar-refractivity contribution in [1.82, 2.24) is 9.21 Å². The molecule has 27 heavy (non-hydrogen) atoms. The van der Waals surface area contributed by atoms with Gasteiger partial charge in [0, 0.05) is 31.2 Å². The molecule has 1 amide bonds. The van der Waals surface area contributed by atoms with Gasteiger partial charge >= 0.3 is 0 Å². The van der Waals surface area contributed by atoms with Crippen LogP contribution >= 0.6 is 38.9 Å². The summed E-state index contributed by atoms with van der Waals surface area (Å²) in [6.07, 6.45) is 1.63. The third kappa shape index (κ3) is 3.58. The molecule has 1 aromatic heterocycles. The van der Waals surface area contributed by atoms with Crippen LogP contribution in [0.1, 0.15) is 18.4 Å². The quantitative estimate of drug-likeness (QED) is 0.657. The van der Waals surface area contributed by atoms with Crippen LogP contribution in [0.15, 0.2) is 44.4 Å². The first-order valence-electron chi connectivity index (χ1n) is 8.64. The van der Waals surface area contributed by atoms with E-state index in [-0.39, 0.29) is 5.91 Å². The van der Waals surface area contributed by atoms with Crippen LogP contribution in [0.2, 0.25) is 5.02 Å². The van der Waals surface area contributed by atoms with Crippen molar-refractivity contribution < 1.29 is 13.2 Å². The van der Waals surface area contributed by atoms with Gasteiger partial charge in [-0.15, -0.1) is 11.3 Å². The van der Waals surface area contributed by atoms with Gasteiger partial charge < -0.3 is 4.90 Å². The van der Waals surface area contributed by atoms with Gasteiger partial charge in [0.05, 0.1) is 9.20 Å². The highest BCUT2D eigenvalue weighted by Crippen LogP contribution is 2.50. The molecule has 1 aliphatic carbocycles. The van der Waals surface area contributed by atoms with E-state index in [1.165, 1.54) is 15.6 Å². The first-order chi connectivity index (χ1) is 12.8. The highest BCUT2D eigenvalue weighted by Gasteiger charge is 2.53. The second kappa shape index (κ2) is 7.15. The average Bonchev–Trinajstić information content (AvgIpc) is 3.36. The third-order valence-electron chi connectivity index (χ3n) is 5.21. The van der Waals surface area contributed by atoms with Crippen LogP contribution in [0.5, 0.6) is 0 Å². The summed E-state index contributed by atoms with van der Waals surface area (Å²) in [6.45, 7) is 1.45. The zero-order valence-corrected chi connectivity index (χ0v) is 18.4. The molecule has 5 nitrogen and oxygen atoms in total. The number of benzene rings is 1. The zero-order chi connectivity index (χ0) is 19.2. The molecule has 0 radical (unpaired) electrons. The Bertz CT molecular complexity index is 980. The first-order valence-corrected chi connectivity index (χ1v) is 12.1. The van der Waals surface area contributed by atoms with E-state index in [9.17, 15) is 13.2 Å². The normalized spacial score (nSPS) is 19.9. The first kappa shape index (κ1) is 19.4. The molecule has 144 valence electrons. The van der Waals surface area contributed by atoms with E-state index in [0.29, 0.717) is 35.4 Å². The lowest BCUT2D eigenvalue weighted by Crippen LogP contribution is -2.52. The van der Waals surface area contributed by atoms with Gasteiger partial charge in [0.15, 0.2) is 0 Å². The Morgan fingerprint density at radius 2 is 1.81 bits per heavy atom. The number of carbonyl (C=O) groups is 1. The van der Waals surface area contributed by atoms with Gasteiger partial charge in [-0.05, 0) is 58.6 Å². The minimum absolute atomic E-state index is 0.0840. The molecule has 0 spiro atoms. The molecule has 9 heteroatoms. The van der Waals surface area contributed by atoms with Gasteiger partial charge in [0.1, 0.15) is 4.21 Å². The summed E-state index contributed by atoms with van der Waals surface area (Å²) in [6, 6.07) is 10.8. The molecule has 2 heterocycles. The van der Waals surface area contributed by atoms with Gasteiger partial charge in [-0.25, -0.2) is 8.42 Å². The second-order valence-corrected chi connectivity index (χ2v) is 11.9. The molecule has 2 fully saturated rings. The lowest BCUT2D eigenvalue weighted by molar-refractivity contribution is -0.135. The van der Waals surface area contributed by atoms with E-state index in [2.05, 4.69) is 15.9 Å². The maximum Gasteiger partial charge on any atom is 0.252 e. The summed E-state index contributed by atoms with van der Waals surface area (Å²) in [5.41, 5.74) is 0.475. The summed E-state index contributed by atoms with van der Waals surface area (Å²) in [5, 5.41) is 0.629. The lowest BCUT2D eigenvalue weighted by Gasteiger charge is -2.35. The number of nitrogens with zero attached hydrogens (tertiary/aromatic N) is 2. The van der Waals surface area contributed by atoms with Crippen molar-refractivity contribution in [1.29, 1.82) is 0 Å². The van der Waals surface area contributed by atoms with Gasteiger partial charge in [-0.3, -0.25) is 4.79 Å². The zero-order valence-electron chi connectivity index (χ0n) is 14.4. The fourth-order valence-corrected chi connectivity index (χ4v) is 7.31. The molecule has 2 aromatic rings. The third-order valence-corrected chi connectivity index (χ3v) is 9.43. The van der Waals surface area contributed by atoms with Crippen LogP contribution < -0.4 is 0 Å². The van der Waals surface area contributed by atoms with E-state index in [1.807, 2.05) is 18.2 Å². The molecule has 0 N–H and O–H groups in total. The highest BCUT2D eigenvalue weighted by molar-refractivity contribution is 9.11. The Hall–Kier alpha value is -0.930. The molecular weight excluding hydrogens is 472 g/mol. The van der Waals surface area contributed by atoms with E-state index in [0.717, 1.165) is 22.2 Å². The summed E-state index contributed by atoms with van der Waals surface area (Å²) in [4.78, 5) is 14.9. The van der Waals surface area contributed by atoms with Gasteiger partial charge in [0.2, 0.25) is 5.91 Å². The van der Waals surface area contributed by atoms with Crippen molar-refractivity contribution in [2.24, 2.45) is 0 Å². The van der Waals surface area contributed by atoms with Gasteiger partial charge in [-0.1, -0.05) is 23.7 Å². The molecule has 1 aliphatic heterocycles. The minimum Gasteiger partial charge on any atom is -0.339 e. The fraction of sp³-hybridized carbons (Fsp3) is 0.389. The smallest absolute Gasteiger partial charge is 0.252 e. The van der Waals surface area contributed by atoms with Gasteiger partial charge in [0.25, 0.3) is 10.0 Å². The number of amides is 1. The van der Waals surface area contributed by atoms with Crippen LogP contribution in [-0.2, 0) is 20.2 Å². The summed E-state index contributed by atoms with van der Waals surface area (Å²) < 4.78 is 28.1. The SMILES string of the molecule is O=C(N1CCN(S(=O)(=O)c2ccc(Br)s2)CC1)C1(c2cccc(Cl)c2)CC1. The monoisotopic (exact) mass is 488 g/mol. The van der Waals surface area contributed by atoms with Crippen LogP contribution in [0, 0.1) is 0 Å².